The third-order valence-corrected chi connectivity index (χ3v) is 7.95. The molecule has 0 aliphatic heterocycles. The van der Waals surface area contributed by atoms with E-state index in [1.807, 2.05) is 6.92 Å². The van der Waals surface area contributed by atoms with Gasteiger partial charge < -0.3 is 15.2 Å². The maximum Gasteiger partial charge on any atom is 0.344 e. The molecular formula is C27H29ClN2O6S. The molecule has 0 saturated heterocycles. The zero-order chi connectivity index (χ0) is 27.2. The molecule has 0 aliphatic carbocycles. The van der Waals surface area contributed by atoms with E-state index >= 15 is 0 Å². The number of sulfonamides is 1. The van der Waals surface area contributed by atoms with Crippen molar-refractivity contribution in [3.63, 3.8) is 0 Å². The van der Waals surface area contributed by atoms with Crippen LogP contribution in [0.25, 0.3) is 0 Å². The highest BCUT2D eigenvalue weighted by molar-refractivity contribution is 7.92. The van der Waals surface area contributed by atoms with E-state index in [4.69, 9.17) is 21.4 Å². The Morgan fingerprint density at radius 1 is 1.05 bits per heavy atom. The summed E-state index contributed by atoms with van der Waals surface area (Å²) in [4.78, 5) is 24.1. The molecular weight excluding hydrogens is 516 g/mol. The molecule has 0 bridgehead atoms. The number of ether oxygens (including phenoxy) is 1. The largest absolute Gasteiger partial charge is 0.479 e. The van der Waals surface area contributed by atoms with E-state index in [-0.39, 0.29) is 11.4 Å². The van der Waals surface area contributed by atoms with Crippen molar-refractivity contribution in [2.24, 2.45) is 0 Å². The molecule has 8 nitrogen and oxygen atoms in total. The van der Waals surface area contributed by atoms with Gasteiger partial charge in [-0.2, -0.15) is 0 Å². The number of nitrogens with zero attached hydrogens (tertiary/aromatic N) is 1. The molecule has 1 amide bonds. The van der Waals surface area contributed by atoms with Crippen molar-refractivity contribution in [1.29, 1.82) is 0 Å². The van der Waals surface area contributed by atoms with Crippen molar-refractivity contribution < 1.29 is 27.9 Å². The van der Waals surface area contributed by atoms with E-state index in [1.54, 1.807) is 61.5 Å². The van der Waals surface area contributed by atoms with Crippen molar-refractivity contribution in [1.82, 2.24) is 5.32 Å². The molecule has 2 N–H and O–H groups in total. The molecule has 0 fully saturated rings. The number of benzene rings is 3. The molecule has 196 valence electrons. The molecule has 37 heavy (non-hydrogen) atoms. The number of hydrogen-bond acceptors (Lipinski definition) is 5. The van der Waals surface area contributed by atoms with Crippen LogP contribution >= 0.6 is 11.6 Å². The summed E-state index contributed by atoms with van der Waals surface area (Å²) in [6.07, 6.45) is -0.266. The standard InChI is InChI=1S/C27H29ClN2O6S/c1-4-20-11-13-23(14-12-20)37(34,35)30(25-10-6-9-24(28)18(25)2)17-26(31)29-16-21-7-5-8-22(15-21)36-19(3)27(32)33/h5-15,19H,4,16-17H2,1-3H3,(H,29,31)(H,32,33)/t19-/m1/s1. The van der Waals surface area contributed by atoms with E-state index in [2.05, 4.69) is 5.32 Å². The molecule has 0 aromatic heterocycles. The van der Waals surface area contributed by atoms with Crippen LogP contribution in [-0.4, -0.2) is 38.0 Å². The van der Waals surface area contributed by atoms with Gasteiger partial charge in [-0.15, -0.1) is 0 Å². The lowest BCUT2D eigenvalue weighted by Crippen LogP contribution is -2.41. The summed E-state index contributed by atoms with van der Waals surface area (Å²) in [6.45, 7) is 4.71. The van der Waals surface area contributed by atoms with Gasteiger partial charge in [-0.25, -0.2) is 13.2 Å². The second-order valence-electron chi connectivity index (χ2n) is 8.42. The Morgan fingerprint density at radius 2 is 1.73 bits per heavy atom. The number of hydrogen-bond donors (Lipinski definition) is 2. The van der Waals surface area contributed by atoms with Gasteiger partial charge in [0.1, 0.15) is 12.3 Å². The van der Waals surface area contributed by atoms with Crippen LogP contribution in [0, 0.1) is 6.92 Å². The fourth-order valence-electron chi connectivity index (χ4n) is 3.56. The van der Waals surface area contributed by atoms with Crippen molar-refractivity contribution in [3.8, 4) is 5.75 Å². The van der Waals surface area contributed by atoms with Crippen molar-refractivity contribution in [2.75, 3.05) is 10.8 Å². The Hall–Kier alpha value is -3.56. The zero-order valence-corrected chi connectivity index (χ0v) is 22.3. The third kappa shape index (κ3) is 7.02. The SMILES string of the molecule is CCc1ccc(S(=O)(=O)N(CC(=O)NCc2cccc(O[C@H](C)C(=O)O)c2)c2cccc(Cl)c2C)cc1. The normalized spacial score (nSPS) is 12.0. The van der Waals surface area contributed by atoms with Gasteiger partial charge in [-0.05, 0) is 73.4 Å². The quantitative estimate of drug-likeness (QED) is 0.365. The Bertz CT molecular complexity index is 1380. The van der Waals surface area contributed by atoms with Gasteiger partial charge in [0, 0.05) is 11.6 Å². The maximum absolute atomic E-state index is 13.6. The van der Waals surface area contributed by atoms with E-state index in [0.29, 0.717) is 27.6 Å². The van der Waals surface area contributed by atoms with Crippen LogP contribution in [0.5, 0.6) is 5.75 Å². The highest BCUT2D eigenvalue weighted by Crippen LogP contribution is 2.31. The highest BCUT2D eigenvalue weighted by atomic mass is 35.5. The number of halogens is 1. The lowest BCUT2D eigenvalue weighted by atomic mass is 10.2. The third-order valence-electron chi connectivity index (χ3n) is 5.76. The lowest BCUT2D eigenvalue weighted by molar-refractivity contribution is -0.144. The molecule has 0 heterocycles. The smallest absolute Gasteiger partial charge is 0.344 e. The minimum atomic E-state index is -4.09. The topological polar surface area (TPSA) is 113 Å². The number of carbonyl (C=O) groups is 2. The molecule has 0 aliphatic rings. The van der Waals surface area contributed by atoms with Crippen molar-refractivity contribution in [2.45, 2.75) is 44.7 Å². The molecule has 0 unspecified atom stereocenters. The minimum absolute atomic E-state index is 0.0641. The fraction of sp³-hybridized carbons (Fsp3) is 0.259. The van der Waals surface area contributed by atoms with Crippen LogP contribution in [0.1, 0.15) is 30.5 Å². The zero-order valence-electron chi connectivity index (χ0n) is 20.8. The maximum atomic E-state index is 13.6. The van der Waals surface area contributed by atoms with E-state index in [9.17, 15) is 18.0 Å². The minimum Gasteiger partial charge on any atom is -0.479 e. The number of nitrogens with one attached hydrogen (secondary N) is 1. The number of aryl methyl sites for hydroxylation is 1. The monoisotopic (exact) mass is 544 g/mol. The number of carboxylic acid groups (broad SMARTS) is 1. The second kappa shape index (κ2) is 12.1. The van der Waals surface area contributed by atoms with Crippen molar-refractivity contribution >= 4 is 39.2 Å². The molecule has 3 aromatic rings. The summed E-state index contributed by atoms with van der Waals surface area (Å²) in [5.74, 6) is -1.28. The Kier molecular flexibility index (Phi) is 9.18. The molecule has 1 atom stereocenters. The number of aliphatic carboxylic acids is 1. The number of amides is 1. The Balaban J connectivity index is 1.83. The fourth-order valence-corrected chi connectivity index (χ4v) is 5.21. The van der Waals surface area contributed by atoms with Crippen LogP contribution in [0.15, 0.2) is 71.6 Å². The molecule has 3 rings (SSSR count). The lowest BCUT2D eigenvalue weighted by Gasteiger charge is -2.26. The summed E-state index contributed by atoms with van der Waals surface area (Å²) in [7, 11) is -4.09. The number of rotatable bonds is 11. The van der Waals surface area contributed by atoms with Gasteiger partial charge in [0.25, 0.3) is 10.0 Å². The Labute approximate surface area is 221 Å². The van der Waals surface area contributed by atoms with Crippen LogP contribution in [0.4, 0.5) is 5.69 Å². The van der Waals surface area contributed by atoms with Crippen LogP contribution in [-0.2, 0) is 32.6 Å². The second-order valence-corrected chi connectivity index (χ2v) is 10.7. The van der Waals surface area contributed by atoms with Crippen LogP contribution in [0.3, 0.4) is 0 Å². The van der Waals surface area contributed by atoms with Gasteiger partial charge in [0.15, 0.2) is 6.10 Å². The molecule has 3 aromatic carbocycles. The van der Waals surface area contributed by atoms with Crippen LogP contribution < -0.4 is 14.4 Å². The van der Waals surface area contributed by atoms with Crippen molar-refractivity contribution in [3.05, 3.63) is 88.4 Å². The number of anilines is 1. The summed E-state index contributed by atoms with van der Waals surface area (Å²) in [5.41, 5.74) is 2.49. The molecule has 0 saturated carbocycles. The number of carboxylic acids is 1. The predicted molar refractivity (Wildman–Crippen MR) is 143 cm³/mol. The first-order chi connectivity index (χ1) is 17.5. The first-order valence-electron chi connectivity index (χ1n) is 11.6. The van der Waals surface area contributed by atoms with Gasteiger partial charge in [0.05, 0.1) is 10.6 Å². The van der Waals surface area contributed by atoms with Gasteiger partial charge in [-0.1, -0.05) is 48.9 Å². The Morgan fingerprint density at radius 3 is 2.38 bits per heavy atom. The summed E-state index contributed by atoms with van der Waals surface area (Å²) in [5, 5.41) is 12.1. The average Bonchev–Trinajstić information content (AvgIpc) is 2.88. The van der Waals surface area contributed by atoms with E-state index < -0.39 is 34.5 Å². The highest BCUT2D eigenvalue weighted by Gasteiger charge is 2.28. The van der Waals surface area contributed by atoms with E-state index in [0.717, 1.165) is 16.3 Å². The number of carbonyl (C=O) groups excluding carboxylic acids is 1. The summed E-state index contributed by atoms with van der Waals surface area (Å²) in [6, 6.07) is 18.1. The summed E-state index contributed by atoms with van der Waals surface area (Å²) < 4.78 is 33.7. The van der Waals surface area contributed by atoms with Crippen LogP contribution in [0.2, 0.25) is 5.02 Å². The summed E-state index contributed by atoms with van der Waals surface area (Å²) >= 11 is 6.27. The van der Waals surface area contributed by atoms with Gasteiger partial charge in [-0.3, -0.25) is 9.10 Å². The van der Waals surface area contributed by atoms with E-state index in [1.165, 1.54) is 19.1 Å². The molecule has 0 spiro atoms. The van der Waals surface area contributed by atoms with Gasteiger partial charge >= 0.3 is 5.97 Å². The first-order valence-corrected chi connectivity index (χ1v) is 13.5. The molecule has 0 radical (unpaired) electrons. The van der Waals surface area contributed by atoms with Gasteiger partial charge in [0.2, 0.25) is 5.91 Å². The average molecular weight is 545 g/mol. The first kappa shape index (κ1) is 28.0. The predicted octanol–water partition coefficient (Wildman–Crippen LogP) is 4.57. The molecule has 10 heteroatoms.